The van der Waals surface area contributed by atoms with E-state index in [0.717, 1.165) is 24.2 Å². The molecule has 0 radical (unpaired) electrons. The Morgan fingerprint density at radius 2 is 2.20 bits per heavy atom. The highest BCUT2D eigenvalue weighted by molar-refractivity contribution is 7.17. The molecule has 1 aliphatic rings. The molecule has 0 unspecified atom stereocenters. The van der Waals surface area contributed by atoms with E-state index >= 15 is 0 Å². The van der Waals surface area contributed by atoms with E-state index in [0.29, 0.717) is 0 Å². The smallest absolute Gasteiger partial charge is 0.325 e. The van der Waals surface area contributed by atoms with Crippen molar-refractivity contribution in [1.82, 2.24) is 4.90 Å². The summed E-state index contributed by atoms with van der Waals surface area (Å²) >= 11 is 0.821. The Balaban J connectivity index is 2.10. The SMILES string of the molecule is CCOC(=O)CN(C(=O)c1ccc([N+](=O)[O-])s1)C1CC1. The molecular formula is C12H14N2O5S. The summed E-state index contributed by atoms with van der Waals surface area (Å²) in [5.41, 5.74) is 0. The number of ether oxygens (including phenoxy) is 1. The highest BCUT2D eigenvalue weighted by Crippen LogP contribution is 2.31. The Kier molecular flexibility index (Phi) is 4.33. The molecule has 0 spiro atoms. The molecule has 0 N–H and O–H groups in total. The highest BCUT2D eigenvalue weighted by atomic mass is 32.1. The summed E-state index contributed by atoms with van der Waals surface area (Å²) in [5, 5.41) is 10.5. The average Bonchev–Trinajstić information content (AvgIpc) is 3.11. The number of esters is 1. The Morgan fingerprint density at radius 1 is 1.50 bits per heavy atom. The fourth-order valence-electron chi connectivity index (χ4n) is 1.78. The maximum absolute atomic E-state index is 12.3. The van der Waals surface area contributed by atoms with Gasteiger partial charge in [-0.15, -0.1) is 0 Å². The average molecular weight is 298 g/mol. The van der Waals surface area contributed by atoms with E-state index in [9.17, 15) is 19.7 Å². The van der Waals surface area contributed by atoms with Gasteiger partial charge in [0, 0.05) is 12.1 Å². The Bertz CT molecular complexity index is 538. The van der Waals surface area contributed by atoms with Crippen LogP contribution in [0.3, 0.4) is 0 Å². The van der Waals surface area contributed by atoms with Crippen molar-refractivity contribution in [3.05, 3.63) is 27.1 Å². The molecule has 0 bridgehead atoms. The molecular weight excluding hydrogens is 284 g/mol. The number of rotatable bonds is 6. The van der Waals surface area contributed by atoms with Crippen molar-refractivity contribution in [3.63, 3.8) is 0 Å². The molecule has 2 rings (SSSR count). The van der Waals surface area contributed by atoms with Gasteiger partial charge in [-0.05, 0) is 25.8 Å². The highest BCUT2D eigenvalue weighted by Gasteiger charge is 2.35. The van der Waals surface area contributed by atoms with E-state index in [2.05, 4.69) is 0 Å². The first-order chi connectivity index (χ1) is 9.52. The topological polar surface area (TPSA) is 89.8 Å². The number of hydrogen-bond acceptors (Lipinski definition) is 6. The van der Waals surface area contributed by atoms with E-state index < -0.39 is 10.9 Å². The second kappa shape index (κ2) is 6.00. The zero-order valence-electron chi connectivity index (χ0n) is 10.9. The van der Waals surface area contributed by atoms with Gasteiger partial charge in [-0.25, -0.2) is 0 Å². The van der Waals surface area contributed by atoms with E-state index in [1.165, 1.54) is 17.0 Å². The number of nitro groups is 1. The summed E-state index contributed by atoms with van der Waals surface area (Å²) in [6.45, 7) is 1.85. The van der Waals surface area contributed by atoms with Crippen LogP contribution in [0.25, 0.3) is 0 Å². The molecule has 0 aliphatic heterocycles. The van der Waals surface area contributed by atoms with Crippen LogP contribution >= 0.6 is 11.3 Å². The van der Waals surface area contributed by atoms with E-state index in [1.54, 1.807) is 6.92 Å². The third-order valence-corrected chi connectivity index (χ3v) is 3.86. The van der Waals surface area contributed by atoms with Crippen LogP contribution in [0.1, 0.15) is 29.4 Å². The third-order valence-electron chi connectivity index (χ3n) is 2.84. The molecule has 0 saturated heterocycles. The Morgan fingerprint density at radius 3 is 2.70 bits per heavy atom. The summed E-state index contributed by atoms with van der Waals surface area (Å²) in [7, 11) is 0. The minimum absolute atomic E-state index is 0.0352. The van der Waals surface area contributed by atoms with Crippen molar-refractivity contribution in [2.45, 2.75) is 25.8 Å². The number of amides is 1. The molecule has 8 heteroatoms. The van der Waals surface area contributed by atoms with Crippen LogP contribution in [-0.2, 0) is 9.53 Å². The second-order valence-corrected chi connectivity index (χ2v) is 5.43. The summed E-state index contributed by atoms with van der Waals surface area (Å²) in [6.07, 6.45) is 1.69. The monoisotopic (exact) mass is 298 g/mol. The fourth-order valence-corrected chi connectivity index (χ4v) is 2.56. The maximum Gasteiger partial charge on any atom is 0.325 e. The molecule has 7 nitrogen and oxygen atoms in total. The lowest BCUT2D eigenvalue weighted by Gasteiger charge is -2.20. The van der Waals surface area contributed by atoms with Gasteiger partial charge in [0.15, 0.2) is 0 Å². The van der Waals surface area contributed by atoms with Crippen LogP contribution in [0, 0.1) is 10.1 Å². The van der Waals surface area contributed by atoms with Crippen molar-refractivity contribution in [2.75, 3.05) is 13.2 Å². The molecule has 1 aromatic heterocycles. The number of thiophene rings is 1. The molecule has 20 heavy (non-hydrogen) atoms. The van der Waals surface area contributed by atoms with Gasteiger partial charge >= 0.3 is 11.0 Å². The van der Waals surface area contributed by atoms with Gasteiger partial charge in [0.2, 0.25) is 0 Å². The molecule has 1 aliphatic carbocycles. The lowest BCUT2D eigenvalue weighted by atomic mass is 10.3. The van der Waals surface area contributed by atoms with Gasteiger partial charge < -0.3 is 9.64 Å². The van der Waals surface area contributed by atoms with Crippen molar-refractivity contribution in [1.29, 1.82) is 0 Å². The van der Waals surface area contributed by atoms with Crippen molar-refractivity contribution >= 4 is 28.2 Å². The molecule has 0 atom stereocenters. The Labute approximate surface area is 119 Å². The minimum atomic E-state index is -0.533. The van der Waals surface area contributed by atoms with Crippen LogP contribution in [-0.4, -0.2) is 40.9 Å². The normalized spacial score (nSPS) is 13.8. The summed E-state index contributed by atoms with van der Waals surface area (Å²) in [6, 6.07) is 2.76. The quantitative estimate of drug-likeness (QED) is 0.454. The Hall–Kier alpha value is -1.96. The first-order valence-electron chi connectivity index (χ1n) is 6.23. The predicted molar refractivity (Wildman–Crippen MR) is 71.7 cm³/mol. The van der Waals surface area contributed by atoms with Crippen LogP contribution in [0.15, 0.2) is 12.1 Å². The van der Waals surface area contributed by atoms with Gasteiger partial charge in [-0.2, -0.15) is 0 Å². The van der Waals surface area contributed by atoms with Crippen molar-refractivity contribution in [3.8, 4) is 0 Å². The van der Waals surface area contributed by atoms with Crippen LogP contribution in [0.4, 0.5) is 5.00 Å². The predicted octanol–water partition coefficient (Wildman–Crippen LogP) is 1.82. The third kappa shape index (κ3) is 3.32. The number of nitrogens with zero attached hydrogens (tertiary/aromatic N) is 2. The maximum atomic E-state index is 12.3. The lowest BCUT2D eigenvalue weighted by Crippen LogP contribution is -2.37. The summed E-state index contributed by atoms with van der Waals surface area (Å²) in [5.74, 6) is -0.808. The molecule has 1 saturated carbocycles. The molecule has 1 amide bonds. The van der Waals surface area contributed by atoms with Crippen LogP contribution < -0.4 is 0 Å². The van der Waals surface area contributed by atoms with E-state index in [4.69, 9.17) is 4.74 Å². The summed E-state index contributed by atoms with van der Waals surface area (Å²) < 4.78 is 4.84. The zero-order valence-corrected chi connectivity index (χ0v) is 11.7. The molecule has 108 valence electrons. The van der Waals surface area contributed by atoms with Gasteiger partial charge in [-0.1, -0.05) is 11.3 Å². The standard InChI is InChI=1S/C12H14N2O5S/c1-2-19-11(15)7-13(8-3-4-8)12(16)9-5-6-10(20-9)14(17)18/h5-6,8H,2-4,7H2,1H3. The largest absolute Gasteiger partial charge is 0.465 e. The minimum Gasteiger partial charge on any atom is -0.465 e. The van der Waals surface area contributed by atoms with Gasteiger partial charge in [0.05, 0.1) is 16.4 Å². The van der Waals surface area contributed by atoms with Crippen LogP contribution in [0.2, 0.25) is 0 Å². The molecule has 1 fully saturated rings. The van der Waals surface area contributed by atoms with Crippen molar-refractivity contribution < 1.29 is 19.2 Å². The summed E-state index contributed by atoms with van der Waals surface area (Å²) in [4.78, 5) is 35.6. The first kappa shape index (κ1) is 14.4. The molecule has 0 aromatic carbocycles. The van der Waals surface area contributed by atoms with E-state index in [1.807, 2.05) is 0 Å². The second-order valence-electron chi connectivity index (χ2n) is 4.36. The zero-order chi connectivity index (χ0) is 14.7. The van der Waals surface area contributed by atoms with Gasteiger partial charge in [0.25, 0.3) is 5.91 Å². The number of carbonyl (C=O) groups excluding carboxylic acids is 2. The number of hydrogen-bond donors (Lipinski definition) is 0. The van der Waals surface area contributed by atoms with Crippen LogP contribution in [0.5, 0.6) is 0 Å². The van der Waals surface area contributed by atoms with Crippen molar-refractivity contribution in [2.24, 2.45) is 0 Å². The van der Waals surface area contributed by atoms with Gasteiger partial charge in [-0.3, -0.25) is 19.7 Å². The van der Waals surface area contributed by atoms with E-state index in [-0.39, 0.29) is 35.0 Å². The fraction of sp³-hybridized carbons (Fsp3) is 0.500. The lowest BCUT2D eigenvalue weighted by molar-refractivity contribution is -0.380. The first-order valence-corrected chi connectivity index (χ1v) is 7.05. The molecule has 1 aromatic rings. The molecule has 1 heterocycles. The number of carbonyl (C=O) groups is 2. The van der Waals surface area contributed by atoms with Gasteiger partial charge in [0.1, 0.15) is 6.54 Å².